The zero-order valence-corrected chi connectivity index (χ0v) is 16.3. The molecule has 0 spiro atoms. The number of hydrogen-bond donors (Lipinski definition) is 1. The molecule has 1 N–H and O–H groups in total. The molecule has 0 bridgehead atoms. The third-order valence-corrected chi connectivity index (χ3v) is 6.29. The summed E-state index contributed by atoms with van der Waals surface area (Å²) in [4.78, 5) is 13.8. The number of ether oxygens (including phenoxy) is 1. The summed E-state index contributed by atoms with van der Waals surface area (Å²) in [7, 11) is 5.91. The van der Waals surface area contributed by atoms with Crippen LogP contribution in [0, 0.1) is 0 Å². The summed E-state index contributed by atoms with van der Waals surface area (Å²) >= 11 is 1.82. The SMILES string of the molecule is COc1ccccc1C(CNc1ncnc2sc3c(c12)CCC3)N(C)C. The van der Waals surface area contributed by atoms with Gasteiger partial charge in [0.25, 0.3) is 0 Å². The molecule has 2 aromatic heterocycles. The minimum atomic E-state index is 0.183. The van der Waals surface area contributed by atoms with Gasteiger partial charge in [-0.25, -0.2) is 9.97 Å². The second-order valence-corrected chi connectivity index (χ2v) is 7.95. The van der Waals surface area contributed by atoms with Crippen molar-refractivity contribution in [3.05, 3.63) is 46.6 Å². The van der Waals surface area contributed by atoms with E-state index in [1.54, 1.807) is 13.4 Å². The van der Waals surface area contributed by atoms with Crippen LogP contribution in [0.4, 0.5) is 5.82 Å². The van der Waals surface area contributed by atoms with Crippen molar-refractivity contribution in [1.82, 2.24) is 14.9 Å². The number of likely N-dealkylation sites (N-methyl/N-ethyl adjacent to an activating group) is 1. The van der Waals surface area contributed by atoms with Crippen LogP contribution in [0.25, 0.3) is 10.2 Å². The lowest BCUT2D eigenvalue weighted by Crippen LogP contribution is -2.27. The van der Waals surface area contributed by atoms with Gasteiger partial charge in [0.05, 0.1) is 18.5 Å². The summed E-state index contributed by atoms with van der Waals surface area (Å²) in [5.74, 6) is 1.87. The van der Waals surface area contributed by atoms with Gasteiger partial charge >= 0.3 is 0 Å². The highest BCUT2D eigenvalue weighted by atomic mass is 32.1. The molecule has 2 heterocycles. The highest BCUT2D eigenvalue weighted by Crippen LogP contribution is 2.39. The molecule has 1 atom stereocenters. The minimum Gasteiger partial charge on any atom is -0.496 e. The molecule has 3 aromatic rings. The van der Waals surface area contributed by atoms with Gasteiger partial charge in [-0.2, -0.15) is 0 Å². The van der Waals surface area contributed by atoms with Crippen LogP contribution in [-0.2, 0) is 12.8 Å². The maximum Gasteiger partial charge on any atom is 0.138 e. The summed E-state index contributed by atoms with van der Waals surface area (Å²) < 4.78 is 5.57. The lowest BCUT2D eigenvalue weighted by Gasteiger charge is -2.27. The molecule has 1 aliphatic carbocycles. The summed E-state index contributed by atoms with van der Waals surface area (Å²) in [6.07, 6.45) is 5.23. The van der Waals surface area contributed by atoms with Gasteiger partial charge in [-0.15, -0.1) is 11.3 Å². The average molecular weight is 369 g/mol. The Balaban J connectivity index is 1.64. The largest absolute Gasteiger partial charge is 0.496 e. The van der Waals surface area contributed by atoms with E-state index in [0.29, 0.717) is 0 Å². The van der Waals surface area contributed by atoms with Crippen LogP contribution >= 0.6 is 11.3 Å². The number of para-hydroxylation sites is 1. The summed E-state index contributed by atoms with van der Waals surface area (Å²) in [5, 5.41) is 4.82. The molecule has 26 heavy (non-hydrogen) atoms. The van der Waals surface area contributed by atoms with Gasteiger partial charge in [-0.1, -0.05) is 18.2 Å². The molecule has 0 saturated carbocycles. The first-order valence-electron chi connectivity index (χ1n) is 8.97. The molecule has 0 radical (unpaired) electrons. The summed E-state index contributed by atoms with van der Waals surface area (Å²) in [5.41, 5.74) is 2.63. The number of nitrogens with zero attached hydrogens (tertiary/aromatic N) is 3. The van der Waals surface area contributed by atoms with Crippen molar-refractivity contribution >= 4 is 27.4 Å². The monoisotopic (exact) mass is 368 g/mol. The molecule has 6 heteroatoms. The molecule has 136 valence electrons. The molecule has 4 rings (SSSR count). The van der Waals surface area contributed by atoms with Gasteiger partial charge < -0.3 is 15.0 Å². The number of aromatic nitrogens is 2. The van der Waals surface area contributed by atoms with E-state index in [1.807, 2.05) is 23.5 Å². The highest BCUT2D eigenvalue weighted by molar-refractivity contribution is 7.19. The van der Waals surface area contributed by atoms with Gasteiger partial charge in [-0.05, 0) is 45.0 Å². The van der Waals surface area contributed by atoms with Crippen molar-refractivity contribution in [2.24, 2.45) is 0 Å². The Morgan fingerprint density at radius 2 is 2.08 bits per heavy atom. The van der Waals surface area contributed by atoms with E-state index in [4.69, 9.17) is 4.74 Å². The Labute approximate surface area is 158 Å². The molecule has 0 fully saturated rings. The van der Waals surface area contributed by atoms with Crippen LogP contribution in [0.5, 0.6) is 5.75 Å². The fourth-order valence-corrected chi connectivity index (χ4v) is 5.00. The quantitative estimate of drug-likeness (QED) is 0.715. The number of nitrogens with one attached hydrogen (secondary N) is 1. The smallest absolute Gasteiger partial charge is 0.138 e. The number of anilines is 1. The van der Waals surface area contributed by atoms with E-state index < -0.39 is 0 Å². The van der Waals surface area contributed by atoms with E-state index in [2.05, 4.69) is 46.4 Å². The van der Waals surface area contributed by atoms with Gasteiger partial charge in [0.15, 0.2) is 0 Å². The van der Waals surface area contributed by atoms with Crippen molar-refractivity contribution in [3.8, 4) is 5.75 Å². The van der Waals surface area contributed by atoms with Crippen LogP contribution in [0.3, 0.4) is 0 Å². The van der Waals surface area contributed by atoms with Crippen molar-refractivity contribution < 1.29 is 4.74 Å². The van der Waals surface area contributed by atoms with Crippen LogP contribution in [-0.4, -0.2) is 42.6 Å². The maximum absolute atomic E-state index is 5.57. The van der Waals surface area contributed by atoms with Crippen LogP contribution in [0.15, 0.2) is 30.6 Å². The zero-order chi connectivity index (χ0) is 18.1. The van der Waals surface area contributed by atoms with Crippen LogP contribution < -0.4 is 10.1 Å². The minimum absolute atomic E-state index is 0.183. The van der Waals surface area contributed by atoms with Gasteiger partial charge in [-0.3, -0.25) is 0 Å². The number of methoxy groups -OCH3 is 1. The number of hydrogen-bond acceptors (Lipinski definition) is 6. The van der Waals surface area contributed by atoms with Crippen molar-refractivity contribution in [2.75, 3.05) is 33.1 Å². The van der Waals surface area contributed by atoms with E-state index in [9.17, 15) is 0 Å². The maximum atomic E-state index is 5.57. The fraction of sp³-hybridized carbons (Fsp3) is 0.400. The Morgan fingerprint density at radius 3 is 2.88 bits per heavy atom. The van der Waals surface area contributed by atoms with Crippen molar-refractivity contribution in [2.45, 2.75) is 25.3 Å². The first-order valence-corrected chi connectivity index (χ1v) is 9.79. The van der Waals surface area contributed by atoms with Crippen LogP contribution in [0.1, 0.15) is 28.5 Å². The van der Waals surface area contributed by atoms with E-state index in [0.717, 1.165) is 29.4 Å². The molecule has 0 saturated heterocycles. The molecule has 5 nitrogen and oxygen atoms in total. The molecular weight excluding hydrogens is 344 g/mol. The van der Waals surface area contributed by atoms with Gasteiger partial charge in [0.1, 0.15) is 22.7 Å². The number of aryl methyl sites for hydroxylation is 2. The second-order valence-electron chi connectivity index (χ2n) is 6.86. The predicted octanol–water partition coefficient (Wildman–Crippen LogP) is 3.90. The topological polar surface area (TPSA) is 50.3 Å². The predicted molar refractivity (Wildman–Crippen MR) is 107 cm³/mol. The average Bonchev–Trinajstić information content (AvgIpc) is 3.23. The Kier molecular flexibility index (Phi) is 4.78. The van der Waals surface area contributed by atoms with Gasteiger partial charge in [0, 0.05) is 17.0 Å². The van der Waals surface area contributed by atoms with Crippen LogP contribution in [0.2, 0.25) is 0 Å². The Bertz CT molecular complexity index is 921. The molecule has 0 aliphatic heterocycles. The number of rotatable bonds is 6. The highest BCUT2D eigenvalue weighted by Gasteiger charge is 2.23. The normalized spacial score (nSPS) is 14.6. The standard InChI is InChI=1S/C20H24N4OS/c1-24(2)15(13-7-4-5-9-16(13)25-3)11-21-19-18-14-8-6-10-17(14)26-20(18)23-12-22-19/h4-5,7,9,12,15H,6,8,10-11H2,1-3H3,(H,21,22,23). The fourth-order valence-electron chi connectivity index (χ4n) is 3.77. The van der Waals surface area contributed by atoms with Gasteiger partial charge in [0.2, 0.25) is 0 Å². The third kappa shape index (κ3) is 3.04. The lowest BCUT2D eigenvalue weighted by atomic mass is 10.0. The van der Waals surface area contributed by atoms with Crippen molar-refractivity contribution in [1.29, 1.82) is 0 Å². The number of benzene rings is 1. The summed E-state index contributed by atoms with van der Waals surface area (Å²) in [6, 6.07) is 8.39. The number of fused-ring (bicyclic) bond motifs is 3. The molecule has 1 aromatic carbocycles. The third-order valence-electron chi connectivity index (χ3n) is 5.09. The summed E-state index contributed by atoms with van der Waals surface area (Å²) in [6.45, 7) is 0.754. The van der Waals surface area contributed by atoms with Crippen molar-refractivity contribution in [3.63, 3.8) is 0 Å². The molecular formula is C20H24N4OS. The van der Waals surface area contributed by atoms with E-state index in [1.165, 1.54) is 34.2 Å². The lowest BCUT2D eigenvalue weighted by molar-refractivity contribution is 0.300. The first kappa shape index (κ1) is 17.2. The Morgan fingerprint density at radius 1 is 1.23 bits per heavy atom. The molecule has 1 unspecified atom stereocenters. The number of thiophene rings is 1. The Hall–Kier alpha value is -2.18. The zero-order valence-electron chi connectivity index (χ0n) is 15.5. The van der Waals surface area contributed by atoms with E-state index in [-0.39, 0.29) is 6.04 Å². The second kappa shape index (κ2) is 7.21. The molecule has 1 aliphatic rings. The first-order chi connectivity index (χ1) is 12.7. The molecule has 0 amide bonds. The van der Waals surface area contributed by atoms with E-state index >= 15 is 0 Å².